The van der Waals surface area contributed by atoms with Gasteiger partial charge in [0.1, 0.15) is 0 Å². The average molecular weight is 279 g/mol. The third-order valence-electron chi connectivity index (χ3n) is 3.53. The van der Waals surface area contributed by atoms with E-state index in [4.69, 9.17) is 0 Å². The third-order valence-corrected chi connectivity index (χ3v) is 5.28. The molecule has 1 N–H and O–H groups in total. The lowest BCUT2D eigenvalue weighted by atomic mass is 10.0. The smallest absolute Gasteiger partial charge is 0.0440 e. The molecule has 0 fully saturated rings. The Labute approximate surface area is 123 Å². The molecule has 0 aromatic heterocycles. The second kappa shape index (κ2) is 9.44. The molecule has 1 nitrogen and oxygen atoms in total. The van der Waals surface area contributed by atoms with Gasteiger partial charge < -0.3 is 5.32 Å². The van der Waals surface area contributed by atoms with Crippen molar-refractivity contribution in [3.8, 4) is 0 Å². The fourth-order valence-electron chi connectivity index (χ4n) is 2.23. The van der Waals surface area contributed by atoms with Gasteiger partial charge in [-0.1, -0.05) is 58.0 Å². The molecule has 1 aromatic rings. The quantitative estimate of drug-likeness (QED) is 0.680. The average Bonchev–Trinajstić information content (AvgIpc) is 2.47. The Morgan fingerprint density at radius 1 is 1.05 bits per heavy atom. The second-order valence-corrected chi connectivity index (χ2v) is 6.83. The minimum Gasteiger partial charge on any atom is -0.309 e. The van der Waals surface area contributed by atoms with Crippen molar-refractivity contribution in [2.24, 2.45) is 0 Å². The first-order valence-electron chi connectivity index (χ1n) is 7.66. The lowest BCUT2D eigenvalue weighted by molar-refractivity contribution is 0.504. The zero-order valence-electron chi connectivity index (χ0n) is 12.9. The molecule has 0 saturated carbocycles. The Kier molecular flexibility index (Phi) is 8.24. The number of thioether (sulfide) groups is 1. The van der Waals surface area contributed by atoms with Crippen LogP contribution in [-0.4, -0.2) is 17.0 Å². The molecule has 1 aromatic carbocycles. The van der Waals surface area contributed by atoms with Crippen molar-refractivity contribution < 1.29 is 0 Å². The number of hydrogen-bond donors (Lipinski definition) is 1. The summed E-state index contributed by atoms with van der Waals surface area (Å²) in [7, 11) is 0. The Bertz CT molecular complexity index is 325. The zero-order valence-corrected chi connectivity index (χ0v) is 13.7. The largest absolute Gasteiger partial charge is 0.309 e. The molecule has 0 bridgehead atoms. The molecule has 0 heterocycles. The highest BCUT2D eigenvalue weighted by Gasteiger charge is 2.23. The Balaban J connectivity index is 2.81. The van der Waals surface area contributed by atoms with E-state index in [1.165, 1.54) is 24.8 Å². The molecule has 0 aliphatic heterocycles. The number of hydrogen-bond acceptors (Lipinski definition) is 2. The van der Waals surface area contributed by atoms with Crippen molar-refractivity contribution in [2.45, 2.75) is 63.5 Å². The summed E-state index contributed by atoms with van der Waals surface area (Å²) in [4.78, 5) is 0. The summed E-state index contributed by atoms with van der Waals surface area (Å²) < 4.78 is 0. The molecular weight excluding hydrogens is 250 g/mol. The Morgan fingerprint density at radius 2 is 1.74 bits per heavy atom. The maximum absolute atomic E-state index is 3.75. The van der Waals surface area contributed by atoms with Crippen LogP contribution in [0, 0.1) is 0 Å². The van der Waals surface area contributed by atoms with Gasteiger partial charge in [-0.2, -0.15) is 11.8 Å². The van der Waals surface area contributed by atoms with Gasteiger partial charge in [-0.15, -0.1) is 0 Å². The summed E-state index contributed by atoms with van der Waals surface area (Å²) in [6.45, 7) is 10.3. The molecule has 108 valence electrons. The van der Waals surface area contributed by atoms with Crippen molar-refractivity contribution in [3.05, 3.63) is 35.9 Å². The van der Waals surface area contributed by atoms with Crippen molar-refractivity contribution in [1.82, 2.24) is 5.32 Å². The summed E-state index contributed by atoms with van der Waals surface area (Å²) in [5.41, 5.74) is 1.43. The topological polar surface area (TPSA) is 12.0 Å². The fourth-order valence-corrected chi connectivity index (χ4v) is 3.62. The van der Waals surface area contributed by atoms with Crippen LogP contribution >= 0.6 is 11.8 Å². The molecule has 2 heteroatoms. The summed E-state index contributed by atoms with van der Waals surface area (Å²) >= 11 is 2.14. The van der Waals surface area contributed by atoms with Gasteiger partial charge in [0.15, 0.2) is 0 Å². The molecule has 3 atom stereocenters. The molecule has 1 rings (SSSR count). The van der Waals surface area contributed by atoms with Gasteiger partial charge in [-0.05, 0) is 31.4 Å². The van der Waals surface area contributed by atoms with Crippen LogP contribution in [0.2, 0.25) is 0 Å². The predicted octanol–water partition coefficient (Wildman–Crippen LogP) is 5.04. The number of nitrogens with one attached hydrogen (secondary N) is 1. The monoisotopic (exact) mass is 279 g/mol. The van der Waals surface area contributed by atoms with Gasteiger partial charge in [0.2, 0.25) is 0 Å². The van der Waals surface area contributed by atoms with Crippen LogP contribution in [0.1, 0.15) is 58.6 Å². The predicted molar refractivity (Wildman–Crippen MR) is 88.9 cm³/mol. The lowest BCUT2D eigenvalue weighted by Gasteiger charge is -2.29. The SMILES string of the molecule is CCCNC(c1ccccc1)C(CC)SC(C)CC. The number of rotatable bonds is 9. The van der Waals surface area contributed by atoms with E-state index in [9.17, 15) is 0 Å². The Hall–Kier alpha value is -0.470. The standard InChI is InChI=1S/C17H29NS/c1-5-13-18-17(15-11-9-8-10-12-15)16(7-3)19-14(4)6-2/h8-12,14,16-18H,5-7,13H2,1-4H3. The maximum atomic E-state index is 3.75. The Morgan fingerprint density at radius 3 is 2.26 bits per heavy atom. The molecule has 0 aliphatic rings. The molecular formula is C17H29NS. The first-order valence-corrected chi connectivity index (χ1v) is 8.60. The first kappa shape index (κ1) is 16.6. The van der Waals surface area contributed by atoms with Gasteiger partial charge in [-0.3, -0.25) is 0 Å². The van der Waals surface area contributed by atoms with Crippen LogP contribution in [0.4, 0.5) is 0 Å². The number of benzene rings is 1. The van der Waals surface area contributed by atoms with Crippen LogP contribution < -0.4 is 5.32 Å². The summed E-state index contributed by atoms with van der Waals surface area (Å²) in [6, 6.07) is 11.4. The van der Waals surface area contributed by atoms with E-state index in [0.717, 1.165) is 11.8 Å². The van der Waals surface area contributed by atoms with Gasteiger partial charge in [0.05, 0.1) is 0 Å². The van der Waals surface area contributed by atoms with E-state index in [1.807, 2.05) is 0 Å². The maximum Gasteiger partial charge on any atom is 0.0440 e. The van der Waals surface area contributed by atoms with E-state index in [2.05, 4.69) is 75.1 Å². The van der Waals surface area contributed by atoms with Gasteiger partial charge in [0, 0.05) is 16.5 Å². The van der Waals surface area contributed by atoms with Crippen molar-refractivity contribution in [1.29, 1.82) is 0 Å². The highest BCUT2D eigenvalue weighted by atomic mass is 32.2. The van der Waals surface area contributed by atoms with Crippen LogP contribution in [-0.2, 0) is 0 Å². The molecule has 0 spiro atoms. The van der Waals surface area contributed by atoms with E-state index in [-0.39, 0.29) is 0 Å². The minimum atomic E-state index is 0.477. The van der Waals surface area contributed by atoms with Gasteiger partial charge in [-0.25, -0.2) is 0 Å². The molecule has 3 unspecified atom stereocenters. The van der Waals surface area contributed by atoms with Gasteiger partial charge >= 0.3 is 0 Å². The zero-order chi connectivity index (χ0) is 14.1. The fraction of sp³-hybridized carbons (Fsp3) is 0.647. The highest BCUT2D eigenvalue weighted by Crippen LogP contribution is 2.32. The van der Waals surface area contributed by atoms with Crippen LogP contribution in [0.25, 0.3) is 0 Å². The third kappa shape index (κ3) is 5.58. The summed E-state index contributed by atoms with van der Waals surface area (Å²) in [5, 5.41) is 5.14. The second-order valence-electron chi connectivity index (χ2n) is 5.14. The highest BCUT2D eigenvalue weighted by molar-refractivity contribution is 8.00. The summed E-state index contributed by atoms with van der Waals surface area (Å²) in [6.07, 6.45) is 3.65. The van der Waals surface area contributed by atoms with Crippen LogP contribution in [0.3, 0.4) is 0 Å². The molecule has 0 amide bonds. The van der Waals surface area contributed by atoms with Crippen molar-refractivity contribution >= 4 is 11.8 Å². The van der Waals surface area contributed by atoms with Gasteiger partial charge in [0.25, 0.3) is 0 Å². The van der Waals surface area contributed by atoms with E-state index in [0.29, 0.717) is 11.3 Å². The lowest BCUT2D eigenvalue weighted by Crippen LogP contribution is -2.31. The van der Waals surface area contributed by atoms with Crippen LogP contribution in [0.15, 0.2) is 30.3 Å². The molecule has 0 saturated heterocycles. The first-order chi connectivity index (χ1) is 9.22. The van der Waals surface area contributed by atoms with E-state index in [1.54, 1.807) is 0 Å². The molecule has 19 heavy (non-hydrogen) atoms. The van der Waals surface area contributed by atoms with Crippen molar-refractivity contribution in [3.63, 3.8) is 0 Å². The van der Waals surface area contributed by atoms with E-state index >= 15 is 0 Å². The molecule has 0 radical (unpaired) electrons. The van der Waals surface area contributed by atoms with Crippen molar-refractivity contribution in [2.75, 3.05) is 6.54 Å². The summed E-state index contributed by atoms with van der Waals surface area (Å²) in [5.74, 6) is 0. The van der Waals surface area contributed by atoms with E-state index < -0.39 is 0 Å². The normalized spacial score (nSPS) is 16.0. The minimum absolute atomic E-state index is 0.477. The molecule has 0 aliphatic carbocycles. The van der Waals surface area contributed by atoms with Crippen LogP contribution in [0.5, 0.6) is 0 Å².